The number of alkyl halides is 1. The van der Waals surface area contributed by atoms with Gasteiger partial charge in [0.1, 0.15) is 18.2 Å². The number of hydrogen-bond donors (Lipinski definition) is 2. The van der Waals surface area contributed by atoms with Gasteiger partial charge in [-0.2, -0.15) is 0 Å². The van der Waals surface area contributed by atoms with E-state index in [4.69, 9.17) is 9.47 Å². The summed E-state index contributed by atoms with van der Waals surface area (Å²) >= 11 is 3.70. The van der Waals surface area contributed by atoms with E-state index in [1.165, 1.54) is 4.90 Å². The number of rotatable bonds is 16. The van der Waals surface area contributed by atoms with E-state index in [1.54, 1.807) is 24.0 Å². The number of carbonyl (C=O) groups is 4. The number of nitrogens with zero attached hydrogens (tertiary/aromatic N) is 2. The fraction of sp³-hybridized carbons (Fsp3) is 0.576. The number of allylic oxidation sites excluding steroid dienone is 1. The standard InChI is InChI=1S/C33H44BrN3O7/c1-5-8-15-25(39)43-20-24(22-13-11-10-12-14-22)35-30(40)26-27-31(41)37(21(4)19-38)29(33(27)18-23(34)28(26)44-33)32(42)36(16-7-3)17-9-6-2/h5,7,10-14,21,23-24,26-29,38H,1,3,6,8-9,15-20H2,2,4H3,(H,35,40)/t21-,23?,24+,26-,27+,28-,29-,33+/m1/s1. The zero-order valence-corrected chi connectivity index (χ0v) is 27.1. The van der Waals surface area contributed by atoms with Gasteiger partial charge in [-0.15, -0.1) is 13.2 Å². The molecular formula is C33H44BrN3O7. The smallest absolute Gasteiger partial charge is 0.306 e. The molecule has 2 bridgehead atoms. The Morgan fingerprint density at radius 3 is 2.64 bits per heavy atom. The van der Waals surface area contributed by atoms with Crippen molar-refractivity contribution in [2.24, 2.45) is 11.8 Å². The molecule has 4 rings (SSSR count). The predicted octanol–water partition coefficient (Wildman–Crippen LogP) is 3.30. The highest BCUT2D eigenvalue weighted by Crippen LogP contribution is 2.60. The van der Waals surface area contributed by atoms with E-state index in [0.717, 1.165) is 18.4 Å². The van der Waals surface area contributed by atoms with Crippen molar-refractivity contribution in [3.05, 3.63) is 61.2 Å². The number of fused-ring (bicyclic) bond motifs is 1. The third-order valence-electron chi connectivity index (χ3n) is 8.93. The Morgan fingerprint density at radius 1 is 1.27 bits per heavy atom. The molecule has 3 aliphatic heterocycles. The molecule has 1 aromatic carbocycles. The van der Waals surface area contributed by atoms with Gasteiger partial charge in [-0.05, 0) is 31.7 Å². The van der Waals surface area contributed by atoms with Gasteiger partial charge in [0.15, 0.2) is 0 Å². The number of likely N-dealkylation sites (tertiary alicyclic amines) is 1. The maximum atomic E-state index is 14.3. The van der Waals surface area contributed by atoms with Crippen LogP contribution in [0.25, 0.3) is 0 Å². The first-order chi connectivity index (χ1) is 21.1. The van der Waals surface area contributed by atoms with E-state index < -0.39 is 53.5 Å². The van der Waals surface area contributed by atoms with Gasteiger partial charge in [-0.3, -0.25) is 19.2 Å². The second kappa shape index (κ2) is 14.8. The van der Waals surface area contributed by atoms with Crippen LogP contribution in [0.4, 0.5) is 0 Å². The molecule has 3 fully saturated rings. The Morgan fingerprint density at radius 2 is 2.00 bits per heavy atom. The number of benzene rings is 1. The molecular weight excluding hydrogens is 630 g/mol. The second-order valence-electron chi connectivity index (χ2n) is 11.8. The first-order valence-electron chi connectivity index (χ1n) is 15.4. The van der Waals surface area contributed by atoms with Crippen LogP contribution in [0.3, 0.4) is 0 Å². The number of nitrogens with one attached hydrogen (secondary N) is 1. The van der Waals surface area contributed by atoms with Crippen molar-refractivity contribution in [2.75, 3.05) is 26.3 Å². The van der Waals surface area contributed by atoms with Crippen LogP contribution in [0.2, 0.25) is 0 Å². The lowest BCUT2D eigenvalue weighted by Crippen LogP contribution is -2.58. The van der Waals surface area contributed by atoms with Crippen LogP contribution < -0.4 is 5.32 Å². The van der Waals surface area contributed by atoms with Crippen molar-refractivity contribution < 1.29 is 33.8 Å². The normalized spacial score (nSPS) is 28.2. The average molecular weight is 675 g/mol. The predicted molar refractivity (Wildman–Crippen MR) is 168 cm³/mol. The molecule has 1 unspecified atom stereocenters. The Labute approximate surface area is 267 Å². The maximum Gasteiger partial charge on any atom is 0.306 e. The molecule has 2 N–H and O–H groups in total. The molecule has 0 aromatic heterocycles. The number of ether oxygens (including phenoxy) is 2. The molecule has 3 saturated heterocycles. The molecule has 240 valence electrons. The van der Waals surface area contributed by atoms with Gasteiger partial charge in [-0.25, -0.2) is 0 Å². The highest BCUT2D eigenvalue weighted by Gasteiger charge is 2.77. The number of halogens is 1. The summed E-state index contributed by atoms with van der Waals surface area (Å²) < 4.78 is 12.1. The first-order valence-corrected chi connectivity index (χ1v) is 16.3. The van der Waals surface area contributed by atoms with Gasteiger partial charge in [-0.1, -0.05) is 71.8 Å². The molecule has 1 spiro atoms. The molecule has 3 aliphatic rings. The van der Waals surface area contributed by atoms with E-state index in [9.17, 15) is 24.3 Å². The van der Waals surface area contributed by atoms with Crippen LogP contribution >= 0.6 is 15.9 Å². The number of esters is 1. The fourth-order valence-corrected chi connectivity index (χ4v) is 7.76. The number of aliphatic hydroxyl groups excluding tert-OH is 1. The Hall–Kier alpha value is -3.02. The van der Waals surface area contributed by atoms with Crippen molar-refractivity contribution >= 4 is 39.6 Å². The Kier molecular flexibility index (Phi) is 11.4. The van der Waals surface area contributed by atoms with E-state index in [2.05, 4.69) is 34.4 Å². The van der Waals surface area contributed by atoms with Crippen LogP contribution in [0.5, 0.6) is 0 Å². The van der Waals surface area contributed by atoms with Gasteiger partial charge in [0.25, 0.3) is 0 Å². The fourth-order valence-electron chi connectivity index (χ4n) is 6.82. The second-order valence-corrected chi connectivity index (χ2v) is 13.0. The minimum atomic E-state index is -1.25. The zero-order chi connectivity index (χ0) is 32.0. The quantitative estimate of drug-likeness (QED) is 0.157. The van der Waals surface area contributed by atoms with Crippen molar-refractivity contribution in [3.8, 4) is 0 Å². The Balaban J connectivity index is 1.66. The molecule has 3 heterocycles. The molecule has 1 aromatic rings. The number of unbranched alkanes of at least 4 members (excludes halogenated alkanes) is 1. The molecule has 11 heteroatoms. The molecule has 10 nitrogen and oxygen atoms in total. The Bertz CT molecular complexity index is 1230. The van der Waals surface area contributed by atoms with Crippen LogP contribution in [-0.2, 0) is 28.7 Å². The van der Waals surface area contributed by atoms with Gasteiger partial charge in [0.2, 0.25) is 17.7 Å². The van der Waals surface area contributed by atoms with E-state index in [0.29, 0.717) is 25.9 Å². The largest absolute Gasteiger partial charge is 0.463 e. The monoisotopic (exact) mass is 673 g/mol. The number of amides is 3. The van der Waals surface area contributed by atoms with Crippen LogP contribution in [0, 0.1) is 11.8 Å². The summed E-state index contributed by atoms with van der Waals surface area (Å²) in [4.78, 5) is 57.8. The summed E-state index contributed by atoms with van der Waals surface area (Å²) in [7, 11) is 0. The van der Waals surface area contributed by atoms with E-state index in [-0.39, 0.29) is 36.3 Å². The summed E-state index contributed by atoms with van der Waals surface area (Å²) in [6, 6.07) is 6.84. The molecule has 8 atom stereocenters. The van der Waals surface area contributed by atoms with Crippen LogP contribution in [0.1, 0.15) is 57.6 Å². The SMILES string of the molecule is C=CCCC(=O)OC[C@H](NC(=O)[C@H]1[C@@H]2O[C@@]3(CC2Br)[C@@H]1C(=O)N([C@H](C)CO)[C@@H]3C(=O)N(CC=C)CCCC)c1ccccc1. The maximum absolute atomic E-state index is 14.3. The molecule has 44 heavy (non-hydrogen) atoms. The topological polar surface area (TPSA) is 125 Å². The average Bonchev–Trinajstić information content (AvgIpc) is 3.62. The number of aliphatic hydroxyl groups is 1. The third kappa shape index (κ3) is 6.50. The van der Waals surface area contributed by atoms with E-state index >= 15 is 0 Å². The van der Waals surface area contributed by atoms with Crippen LogP contribution in [0.15, 0.2) is 55.6 Å². The minimum absolute atomic E-state index is 0.0891. The lowest BCUT2D eigenvalue weighted by Gasteiger charge is -2.38. The third-order valence-corrected chi connectivity index (χ3v) is 9.77. The molecule has 0 aliphatic carbocycles. The molecule has 0 radical (unpaired) electrons. The number of hydrogen-bond acceptors (Lipinski definition) is 7. The highest BCUT2D eigenvalue weighted by atomic mass is 79.9. The van der Waals surface area contributed by atoms with Crippen molar-refractivity contribution in [1.82, 2.24) is 15.1 Å². The van der Waals surface area contributed by atoms with Crippen molar-refractivity contribution in [2.45, 2.75) is 80.6 Å². The summed E-state index contributed by atoms with van der Waals surface area (Å²) in [6.07, 6.45) is 5.32. The van der Waals surface area contributed by atoms with Crippen molar-refractivity contribution in [1.29, 1.82) is 0 Å². The summed E-state index contributed by atoms with van der Waals surface area (Å²) in [5, 5.41) is 13.2. The first kappa shape index (κ1) is 33.9. The highest BCUT2D eigenvalue weighted by molar-refractivity contribution is 9.09. The van der Waals surface area contributed by atoms with E-state index in [1.807, 2.05) is 37.3 Å². The minimum Gasteiger partial charge on any atom is -0.463 e. The van der Waals surface area contributed by atoms with Gasteiger partial charge in [0.05, 0.1) is 36.6 Å². The van der Waals surface area contributed by atoms with Gasteiger partial charge < -0.3 is 29.7 Å². The lowest BCUT2D eigenvalue weighted by molar-refractivity contribution is -0.150. The summed E-state index contributed by atoms with van der Waals surface area (Å²) in [5.41, 5.74) is -0.507. The molecule has 0 saturated carbocycles. The van der Waals surface area contributed by atoms with Crippen LogP contribution in [-0.4, -0.2) is 93.5 Å². The lowest BCUT2D eigenvalue weighted by atomic mass is 9.70. The van der Waals surface area contributed by atoms with Gasteiger partial charge in [0, 0.05) is 24.3 Å². The summed E-state index contributed by atoms with van der Waals surface area (Å²) in [5.74, 6) is -3.31. The van der Waals surface area contributed by atoms with Gasteiger partial charge >= 0.3 is 5.97 Å². The number of carbonyl (C=O) groups excluding carboxylic acids is 4. The zero-order valence-electron chi connectivity index (χ0n) is 25.5. The summed E-state index contributed by atoms with van der Waals surface area (Å²) in [6.45, 7) is 11.5. The van der Waals surface area contributed by atoms with Crippen molar-refractivity contribution in [3.63, 3.8) is 0 Å². The molecule has 3 amide bonds.